The van der Waals surface area contributed by atoms with Gasteiger partial charge in [0.1, 0.15) is 30.2 Å². The number of anilines is 1. The van der Waals surface area contributed by atoms with Crippen molar-refractivity contribution in [2.24, 2.45) is 5.16 Å². The molecule has 282 valence electrons. The van der Waals surface area contributed by atoms with Crippen molar-refractivity contribution in [2.45, 2.75) is 63.7 Å². The van der Waals surface area contributed by atoms with Crippen LogP contribution in [0.2, 0.25) is 5.02 Å². The monoisotopic (exact) mass is 789 g/mol. The fourth-order valence-corrected chi connectivity index (χ4v) is 9.02. The highest BCUT2D eigenvalue weighted by atomic mass is 35.5. The predicted octanol–water partition coefficient (Wildman–Crippen LogP) is 0.923. The van der Waals surface area contributed by atoms with Crippen LogP contribution < -0.4 is 21.6 Å². The van der Waals surface area contributed by atoms with Crippen molar-refractivity contribution in [3.63, 3.8) is 0 Å². The van der Waals surface area contributed by atoms with Crippen molar-refractivity contribution in [3.05, 3.63) is 55.4 Å². The molecule has 0 aliphatic carbocycles. The third-order valence-corrected chi connectivity index (χ3v) is 12.0. The van der Waals surface area contributed by atoms with Crippen LogP contribution in [0.1, 0.15) is 44.9 Å². The second kappa shape index (κ2) is 14.2. The average Bonchev–Trinajstić information content (AvgIpc) is 3.75. The number of hydrogen-bond donors (Lipinski definition) is 5. The molecule has 6 rings (SSSR count). The molecule has 20 heteroatoms. The van der Waals surface area contributed by atoms with Crippen molar-refractivity contribution >= 4 is 80.2 Å². The molecule has 3 aliphatic rings. The number of phenolic OH excluding ortho intramolecular Hbond substituents is 2. The number of nitrogens with two attached hydrogens (primary N) is 1. The first-order valence-electron chi connectivity index (χ1n) is 16.5. The van der Waals surface area contributed by atoms with E-state index >= 15 is 0 Å². The Hall–Kier alpha value is -4.85. The van der Waals surface area contributed by atoms with Crippen molar-refractivity contribution < 1.29 is 48.9 Å². The van der Waals surface area contributed by atoms with Gasteiger partial charge in [-0.25, -0.2) is 9.78 Å². The summed E-state index contributed by atoms with van der Waals surface area (Å²) in [6.07, 6.45) is 3.31. The van der Waals surface area contributed by atoms with Crippen molar-refractivity contribution in [1.82, 2.24) is 19.8 Å². The van der Waals surface area contributed by atoms with E-state index in [1.807, 2.05) is 6.92 Å². The van der Waals surface area contributed by atoms with Crippen LogP contribution in [0.25, 0.3) is 10.9 Å². The number of carboxylic acids is 2. The number of pyridine rings is 1. The van der Waals surface area contributed by atoms with Gasteiger partial charge in [-0.3, -0.25) is 19.3 Å². The number of halogens is 1. The number of aromatic hydroxyl groups is 2. The lowest BCUT2D eigenvalue weighted by Gasteiger charge is -2.51. The second-order valence-corrected chi connectivity index (χ2v) is 15.9. The average molecular weight is 790 g/mol. The highest BCUT2D eigenvalue weighted by Crippen LogP contribution is 2.42. The van der Waals surface area contributed by atoms with Crippen LogP contribution in [0, 0.1) is 0 Å². The van der Waals surface area contributed by atoms with E-state index in [-0.39, 0.29) is 45.8 Å². The number of aliphatic carboxylic acids is 2. The Morgan fingerprint density at radius 3 is 2.53 bits per heavy atom. The first-order chi connectivity index (χ1) is 25.0. The van der Waals surface area contributed by atoms with E-state index in [2.05, 4.69) is 15.5 Å². The second-order valence-electron chi connectivity index (χ2n) is 13.6. The maximum Gasteiger partial charge on any atom is 0.350 e. The maximum atomic E-state index is 13.8. The minimum absolute atomic E-state index is 0.0160. The Balaban J connectivity index is 1.27. The van der Waals surface area contributed by atoms with Crippen LogP contribution >= 0.6 is 34.7 Å². The van der Waals surface area contributed by atoms with Crippen molar-refractivity contribution in [1.29, 1.82) is 0 Å². The van der Waals surface area contributed by atoms with E-state index < -0.39 is 63.4 Å². The number of nitrogen functional groups attached to an aromatic ring is 1. The Morgan fingerprint density at radius 1 is 1.23 bits per heavy atom. The molecule has 0 saturated carbocycles. The SMILES string of the molecule is CCn1cc(C[N+]2(CC3=C(C(=O)[O-])N4C(=O)[C@@H](NC(=O)C(=NOC(C)(C)C(=O)O)c5csc(N)n5)[C@H]4SC3)CCCC2)c(=O)c2c(Cl)c(O)c(O)cc21. The lowest BCUT2D eigenvalue weighted by molar-refractivity contribution is -0.925. The normalized spacial score (nSPS) is 20.0. The van der Waals surface area contributed by atoms with E-state index in [1.165, 1.54) is 37.1 Å². The van der Waals surface area contributed by atoms with Gasteiger partial charge in [-0.15, -0.1) is 23.1 Å². The number of nitrogens with one attached hydrogen (secondary N) is 1. The number of carbonyl (C=O) groups excluding carboxylic acids is 3. The molecule has 1 aromatic carbocycles. The topological polar surface area (TPSA) is 250 Å². The largest absolute Gasteiger partial charge is 0.543 e. The number of fused-ring (bicyclic) bond motifs is 2. The molecule has 2 amide bonds. The number of carboxylic acid groups (broad SMARTS) is 2. The number of amides is 2. The van der Waals surface area contributed by atoms with Crippen LogP contribution in [0.3, 0.4) is 0 Å². The van der Waals surface area contributed by atoms with E-state index in [0.29, 0.717) is 40.8 Å². The first kappa shape index (κ1) is 37.9. The fourth-order valence-electron chi connectivity index (χ4n) is 6.85. The summed E-state index contributed by atoms with van der Waals surface area (Å²) in [6, 6.07) is 0.117. The number of thioether (sulfide) groups is 1. The number of benzene rings is 1. The molecule has 2 atom stereocenters. The molecule has 17 nitrogen and oxygen atoms in total. The van der Waals surface area contributed by atoms with E-state index in [0.717, 1.165) is 29.1 Å². The molecule has 3 aliphatic heterocycles. The number of rotatable bonds is 12. The Morgan fingerprint density at radius 2 is 1.92 bits per heavy atom. The van der Waals surface area contributed by atoms with Gasteiger partial charge in [0, 0.05) is 48.4 Å². The molecule has 0 spiro atoms. The van der Waals surface area contributed by atoms with Crippen molar-refractivity contribution in [2.75, 3.05) is 31.1 Å². The number of aryl methyl sites for hydroxylation is 1. The number of phenols is 2. The molecule has 3 aromatic rings. The third-order valence-electron chi connectivity index (χ3n) is 9.61. The minimum atomic E-state index is -1.81. The van der Waals surface area contributed by atoms with Crippen LogP contribution in [-0.2, 0) is 37.1 Å². The summed E-state index contributed by atoms with van der Waals surface area (Å²) < 4.78 is 2.07. The number of likely N-dealkylation sites (tertiary alicyclic amines) is 1. The lowest BCUT2D eigenvalue weighted by Crippen LogP contribution is -2.72. The number of β-lactam (4-membered cyclic amide) rings is 1. The quantitative estimate of drug-likeness (QED) is 0.0564. The van der Waals surface area contributed by atoms with Gasteiger partial charge in [-0.05, 0) is 20.8 Å². The van der Waals surface area contributed by atoms with Gasteiger partial charge in [-0.2, -0.15) is 0 Å². The summed E-state index contributed by atoms with van der Waals surface area (Å²) in [6.45, 7) is 6.38. The molecule has 2 fully saturated rings. The zero-order valence-electron chi connectivity index (χ0n) is 28.8. The number of oxime groups is 1. The van der Waals surface area contributed by atoms with Gasteiger partial charge in [0.2, 0.25) is 5.60 Å². The molecule has 0 radical (unpaired) electrons. The van der Waals surface area contributed by atoms with Gasteiger partial charge < -0.3 is 50.2 Å². The van der Waals surface area contributed by atoms with Crippen LogP contribution in [0.4, 0.5) is 5.13 Å². The summed E-state index contributed by atoms with van der Waals surface area (Å²) in [5.74, 6) is -5.41. The minimum Gasteiger partial charge on any atom is -0.543 e. The highest BCUT2D eigenvalue weighted by molar-refractivity contribution is 8.00. The fraction of sp³-hybridized carbons (Fsp3) is 0.424. The number of aromatic nitrogens is 2. The number of carbonyl (C=O) groups is 4. The van der Waals surface area contributed by atoms with Gasteiger partial charge >= 0.3 is 5.97 Å². The summed E-state index contributed by atoms with van der Waals surface area (Å²) in [7, 11) is 0. The Kier molecular flexibility index (Phi) is 10.1. The number of hydrogen-bond acceptors (Lipinski definition) is 14. The highest BCUT2D eigenvalue weighted by Gasteiger charge is 2.54. The third kappa shape index (κ3) is 6.89. The Bertz CT molecular complexity index is 2180. The summed E-state index contributed by atoms with van der Waals surface area (Å²) in [5.41, 5.74) is 3.95. The Labute approximate surface area is 314 Å². The summed E-state index contributed by atoms with van der Waals surface area (Å²) >= 11 is 8.62. The number of thiazole rings is 1. The first-order valence-corrected chi connectivity index (χ1v) is 18.8. The van der Waals surface area contributed by atoms with Gasteiger partial charge in [0.15, 0.2) is 27.8 Å². The standard InChI is InChI=1S/C33H36ClN7O10S2/c1-4-39-10-15(25(43)20-18(39)9-19(42)26(44)21(20)34)11-41(7-5-6-8-41)12-16-13-52-29-23(28(46)40(29)24(16)30(47)48)37-27(45)22(17-14-53-32(35)36-17)38-51-33(2,3)31(49)50/h9-10,14,23,29H,4-8,11-13H2,1-3H3,(H6-,35,36,37,38,42,43,44,45,47,48,49,50)/t23-,29-/m1/s1. The molecule has 53 heavy (non-hydrogen) atoms. The molecule has 6 N–H and O–H groups in total. The van der Waals surface area contributed by atoms with E-state index in [1.54, 1.807) is 10.8 Å². The lowest BCUT2D eigenvalue weighted by atomic mass is 10.0. The van der Waals surface area contributed by atoms with Crippen LogP contribution in [0.15, 0.2) is 38.9 Å². The molecular weight excluding hydrogens is 754 g/mol. The molecule has 0 unspecified atom stereocenters. The van der Waals surface area contributed by atoms with Crippen LogP contribution in [0.5, 0.6) is 11.5 Å². The zero-order chi connectivity index (χ0) is 38.6. The van der Waals surface area contributed by atoms with E-state index in [9.17, 15) is 44.4 Å². The molecule has 0 bridgehead atoms. The molecule has 2 saturated heterocycles. The van der Waals surface area contributed by atoms with Crippen LogP contribution in [-0.4, -0.2) is 106 Å². The zero-order valence-corrected chi connectivity index (χ0v) is 31.1. The number of quaternary nitrogens is 1. The summed E-state index contributed by atoms with van der Waals surface area (Å²) in [4.78, 5) is 75.4. The van der Waals surface area contributed by atoms with Gasteiger partial charge in [0.05, 0.1) is 46.2 Å². The maximum absolute atomic E-state index is 13.8. The number of nitrogens with zero attached hydrogens (tertiary/aromatic N) is 5. The summed E-state index contributed by atoms with van der Waals surface area (Å²) in [5, 5.41) is 49.4. The molecule has 2 aromatic heterocycles. The predicted molar refractivity (Wildman–Crippen MR) is 193 cm³/mol. The van der Waals surface area contributed by atoms with E-state index in [4.69, 9.17) is 22.2 Å². The molecule has 5 heterocycles. The van der Waals surface area contributed by atoms with Crippen molar-refractivity contribution in [3.8, 4) is 11.5 Å². The van der Waals surface area contributed by atoms with Gasteiger partial charge in [0.25, 0.3) is 11.8 Å². The molecular formula is C33H36ClN7O10S2. The smallest absolute Gasteiger partial charge is 0.350 e. The van der Waals surface area contributed by atoms with Gasteiger partial charge in [-0.1, -0.05) is 16.8 Å².